The Morgan fingerprint density at radius 2 is 0.456 bits per heavy atom. The summed E-state index contributed by atoms with van der Waals surface area (Å²) in [5.41, 5.74) is 0. The molecule has 0 saturated heterocycles. The molecular formula is C73H112O6. The maximum atomic E-state index is 12.9. The van der Waals surface area contributed by atoms with Crippen LogP contribution < -0.4 is 0 Å². The van der Waals surface area contributed by atoms with Crippen molar-refractivity contribution in [3.63, 3.8) is 0 Å². The Hall–Kier alpha value is -5.49. The minimum absolute atomic E-state index is 0.117. The second-order valence-electron chi connectivity index (χ2n) is 19.8. The number of carbonyl (C=O) groups is 3. The van der Waals surface area contributed by atoms with Gasteiger partial charge in [-0.2, -0.15) is 0 Å². The quantitative estimate of drug-likeness (QED) is 0.0261. The van der Waals surface area contributed by atoms with Gasteiger partial charge in [-0.25, -0.2) is 0 Å². The highest BCUT2D eigenvalue weighted by Gasteiger charge is 2.19. The van der Waals surface area contributed by atoms with Crippen LogP contribution >= 0.6 is 0 Å². The van der Waals surface area contributed by atoms with Crippen LogP contribution in [-0.2, 0) is 28.6 Å². The molecule has 0 aromatic heterocycles. The van der Waals surface area contributed by atoms with Gasteiger partial charge in [-0.05, 0) is 154 Å². The largest absolute Gasteiger partial charge is 0.462 e. The highest BCUT2D eigenvalue weighted by atomic mass is 16.6. The lowest BCUT2D eigenvalue weighted by molar-refractivity contribution is -0.167. The fourth-order valence-electron chi connectivity index (χ4n) is 7.81. The Morgan fingerprint density at radius 1 is 0.253 bits per heavy atom. The van der Waals surface area contributed by atoms with Gasteiger partial charge in [0.15, 0.2) is 6.10 Å². The van der Waals surface area contributed by atoms with Gasteiger partial charge < -0.3 is 14.2 Å². The van der Waals surface area contributed by atoms with E-state index in [1.807, 2.05) is 0 Å². The minimum Gasteiger partial charge on any atom is -0.462 e. The Kier molecular flexibility index (Phi) is 60.5. The molecule has 6 nitrogen and oxygen atoms in total. The van der Waals surface area contributed by atoms with E-state index >= 15 is 0 Å². The van der Waals surface area contributed by atoms with E-state index in [4.69, 9.17) is 14.2 Å². The molecule has 440 valence electrons. The van der Waals surface area contributed by atoms with Crippen LogP contribution in [0.15, 0.2) is 182 Å². The second kappa shape index (κ2) is 65.0. The molecule has 0 fully saturated rings. The summed E-state index contributed by atoms with van der Waals surface area (Å²) in [6.07, 6.45) is 97.5. The van der Waals surface area contributed by atoms with Crippen LogP contribution in [0.4, 0.5) is 0 Å². The predicted molar refractivity (Wildman–Crippen MR) is 343 cm³/mol. The van der Waals surface area contributed by atoms with Crippen molar-refractivity contribution in [3.8, 4) is 0 Å². The van der Waals surface area contributed by atoms with Gasteiger partial charge in [0, 0.05) is 19.3 Å². The fourth-order valence-corrected chi connectivity index (χ4v) is 7.81. The van der Waals surface area contributed by atoms with E-state index in [2.05, 4.69) is 203 Å². The smallest absolute Gasteiger partial charge is 0.306 e. The molecule has 0 amide bonds. The summed E-state index contributed by atoms with van der Waals surface area (Å²) in [7, 11) is 0. The maximum absolute atomic E-state index is 12.9. The summed E-state index contributed by atoms with van der Waals surface area (Å²) in [6, 6.07) is 0. The van der Waals surface area contributed by atoms with Gasteiger partial charge in [0.25, 0.3) is 0 Å². The summed E-state index contributed by atoms with van der Waals surface area (Å²) in [5, 5.41) is 0. The Labute approximate surface area is 484 Å². The average molecular weight is 1090 g/mol. The standard InChI is InChI=1S/C73H112O6/c1-4-7-10-13-16-19-22-25-28-29-30-31-32-33-34-35-36-37-38-39-40-41-42-43-46-48-51-54-57-60-63-66-72(75)78-69-70(79-73(76)67-64-61-58-55-52-49-45-27-24-21-18-15-12-9-6-3)68-77-71(74)65-62-59-56-53-50-47-44-26-23-20-17-14-11-8-5-2/h7-12,16-21,25-28,30-31,33-34,36-37,39-40,42-45,52,55,70H,4-6,13-15,22-24,29,32,35,38,41,46-51,53-54,56-69H2,1-3H3/b10-7-,11-8-,12-9-,19-16-,20-17-,21-18-,28-25-,31-30-,34-33-,37-36-,40-39-,43-42-,44-26-,45-27-,55-52-. The summed E-state index contributed by atoms with van der Waals surface area (Å²) in [6.45, 7) is 6.22. The molecule has 0 heterocycles. The molecule has 0 aromatic rings. The molecule has 0 rings (SSSR count). The summed E-state index contributed by atoms with van der Waals surface area (Å²) in [4.78, 5) is 38.2. The van der Waals surface area contributed by atoms with Gasteiger partial charge in [0.05, 0.1) is 0 Å². The molecule has 0 radical (unpaired) electrons. The fraction of sp³-hybridized carbons (Fsp3) is 0.548. The molecule has 0 aliphatic carbocycles. The predicted octanol–water partition coefficient (Wildman–Crippen LogP) is 21.7. The molecule has 79 heavy (non-hydrogen) atoms. The van der Waals surface area contributed by atoms with Gasteiger partial charge in [0.1, 0.15) is 13.2 Å². The van der Waals surface area contributed by atoms with E-state index in [9.17, 15) is 14.4 Å². The lowest BCUT2D eigenvalue weighted by Gasteiger charge is -2.18. The van der Waals surface area contributed by atoms with Crippen molar-refractivity contribution in [2.45, 2.75) is 245 Å². The number of allylic oxidation sites excluding steroid dienone is 30. The number of unbranched alkanes of at least 4 members (excludes halogenated alkanes) is 13. The van der Waals surface area contributed by atoms with E-state index in [1.165, 1.54) is 12.8 Å². The third-order valence-electron chi connectivity index (χ3n) is 12.4. The van der Waals surface area contributed by atoms with Crippen molar-refractivity contribution in [1.29, 1.82) is 0 Å². The zero-order chi connectivity index (χ0) is 57.1. The van der Waals surface area contributed by atoms with E-state index in [-0.39, 0.29) is 37.5 Å². The summed E-state index contributed by atoms with van der Waals surface area (Å²) >= 11 is 0. The first-order chi connectivity index (χ1) is 39.0. The van der Waals surface area contributed by atoms with Gasteiger partial charge in [-0.15, -0.1) is 0 Å². The number of esters is 3. The first-order valence-electron chi connectivity index (χ1n) is 31.3. The Balaban J connectivity index is 4.42. The van der Waals surface area contributed by atoms with Gasteiger partial charge >= 0.3 is 17.9 Å². The van der Waals surface area contributed by atoms with Gasteiger partial charge in [-0.1, -0.05) is 248 Å². The Morgan fingerprint density at radius 3 is 0.734 bits per heavy atom. The average Bonchev–Trinajstić information content (AvgIpc) is 3.45. The molecule has 1 unspecified atom stereocenters. The molecule has 6 heteroatoms. The number of rotatable bonds is 54. The first kappa shape index (κ1) is 73.5. The molecule has 1 atom stereocenters. The normalized spacial score (nSPS) is 13.4. The van der Waals surface area contributed by atoms with Gasteiger partial charge in [-0.3, -0.25) is 14.4 Å². The van der Waals surface area contributed by atoms with Crippen LogP contribution in [0.1, 0.15) is 239 Å². The Bertz CT molecular complexity index is 1870. The van der Waals surface area contributed by atoms with E-state index < -0.39 is 6.10 Å². The van der Waals surface area contributed by atoms with E-state index in [1.54, 1.807) is 0 Å². The maximum Gasteiger partial charge on any atom is 0.306 e. The third kappa shape index (κ3) is 63.2. The first-order valence-corrected chi connectivity index (χ1v) is 31.3. The van der Waals surface area contributed by atoms with Crippen molar-refractivity contribution in [1.82, 2.24) is 0 Å². The SMILES string of the molecule is CC/C=C\C/C=C\C/C=C\C/C=C\C/C=C\C/C=C\C/C=C\C/C=C\CCCCCCCCC(=O)OCC(COC(=O)CCCCCCC/C=C\C/C=C\C/C=C\CC)OC(=O)CCCC/C=C\C/C=C\C/C=C\C/C=C\CC. The molecule has 0 spiro atoms. The number of carbonyl (C=O) groups excluding carboxylic acids is 3. The van der Waals surface area contributed by atoms with Crippen molar-refractivity contribution in [2.75, 3.05) is 13.2 Å². The molecule has 0 aliphatic heterocycles. The summed E-state index contributed by atoms with van der Waals surface area (Å²) < 4.78 is 16.8. The molecule has 0 saturated carbocycles. The van der Waals surface area contributed by atoms with Crippen LogP contribution in [-0.4, -0.2) is 37.2 Å². The lowest BCUT2D eigenvalue weighted by Crippen LogP contribution is -2.30. The highest BCUT2D eigenvalue weighted by Crippen LogP contribution is 2.13. The van der Waals surface area contributed by atoms with Crippen molar-refractivity contribution in [3.05, 3.63) is 182 Å². The number of hydrogen-bond acceptors (Lipinski definition) is 6. The van der Waals surface area contributed by atoms with Crippen molar-refractivity contribution < 1.29 is 28.6 Å². The van der Waals surface area contributed by atoms with Crippen LogP contribution in [0.25, 0.3) is 0 Å². The highest BCUT2D eigenvalue weighted by molar-refractivity contribution is 5.71. The van der Waals surface area contributed by atoms with E-state index in [0.717, 1.165) is 180 Å². The monoisotopic (exact) mass is 1080 g/mol. The zero-order valence-corrected chi connectivity index (χ0v) is 50.3. The zero-order valence-electron chi connectivity index (χ0n) is 50.3. The van der Waals surface area contributed by atoms with Crippen molar-refractivity contribution in [2.24, 2.45) is 0 Å². The van der Waals surface area contributed by atoms with Crippen LogP contribution in [0.3, 0.4) is 0 Å². The summed E-state index contributed by atoms with van der Waals surface area (Å²) in [5.74, 6) is -0.999. The number of ether oxygens (including phenoxy) is 3. The van der Waals surface area contributed by atoms with E-state index in [0.29, 0.717) is 19.3 Å². The second-order valence-corrected chi connectivity index (χ2v) is 19.8. The third-order valence-corrected chi connectivity index (χ3v) is 12.4. The van der Waals surface area contributed by atoms with Crippen LogP contribution in [0, 0.1) is 0 Å². The number of hydrogen-bond donors (Lipinski definition) is 0. The molecule has 0 N–H and O–H groups in total. The molecule has 0 aromatic carbocycles. The minimum atomic E-state index is -0.824. The molecule has 0 bridgehead atoms. The van der Waals surface area contributed by atoms with Crippen LogP contribution in [0.2, 0.25) is 0 Å². The lowest BCUT2D eigenvalue weighted by atomic mass is 10.1. The molecular weight excluding hydrogens is 973 g/mol. The molecule has 0 aliphatic rings. The van der Waals surface area contributed by atoms with Crippen LogP contribution in [0.5, 0.6) is 0 Å². The topological polar surface area (TPSA) is 78.9 Å². The van der Waals surface area contributed by atoms with Crippen molar-refractivity contribution >= 4 is 17.9 Å². The van der Waals surface area contributed by atoms with Gasteiger partial charge in [0.2, 0.25) is 0 Å².